The van der Waals surface area contributed by atoms with Gasteiger partial charge in [-0.05, 0) is 23.3 Å². The summed E-state index contributed by atoms with van der Waals surface area (Å²) >= 11 is 0. The highest BCUT2D eigenvalue weighted by Crippen LogP contribution is 2.10. The van der Waals surface area contributed by atoms with Crippen LogP contribution in [-0.4, -0.2) is 37.1 Å². The van der Waals surface area contributed by atoms with Gasteiger partial charge in [-0.3, -0.25) is 9.69 Å². The van der Waals surface area contributed by atoms with E-state index in [1.807, 2.05) is 12.1 Å². The van der Waals surface area contributed by atoms with Crippen molar-refractivity contribution in [1.82, 2.24) is 10.2 Å². The van der Waals surface area contributed by atoms with Crippen LogP contribution in [0.2, 0.25) is 0 Å². The number of hydrogen-bond acceptors (Lipinski definition) is 4. The van der Waals surface area contributed by atoms with Crippen LogP contribution in [0.3, 0.4) is 0 Å². The lowest BCUT2D eigenvalue weighted by atomic mass is 10.1. The number of amides is 1. The van der Waals surface area contributed by atoms with Crippen LogP contribution in [0.25, 0.3) is 0 Å². The highest BCUT2D eigenvalue weighted by molar-refractivity contribution is 5.91. The van der Waals surface area contributed by atoms with Gasteiger partial charge in [0.05, 0.1) is 19.5 Å². The van der Waals surface area contributed by atoms with E-state index in [9.17, 15) is 4.79 Å². The molecule has 2 heterocycles. The fourth-order valence-electron chi connectivity index (χ4n) is 2.53. The Morgan fingerprint density at radius 1 is 1.14 bits per heavy atom. The summed E-state index contributed by atoms with van der Waals surface area (Å²) in [6.45, 7) is 4.97. The Morgan fingerprint density at radius 3 is 2.73 bits per heavy atom. The molecule has 1 aromatic heterocycles. The van der Waals surface area contributed by atoms with Crippen LogP contribution < -0.4 is 5.32 Å². The lowest BCUT2D eigenvalue weighted by Crippen LogP contribution is -2.35. The first kappa shape index (κ1) is 14.8. The van der Waals surface area contributed by atoms with Crippen LogP contribution in [0.5, 0.6) is 0 Å². The topological polar surface area (TPSA) is 54.7 Å². The molecule has 5 heteroatoms. The van der Waals surface area contributed by atoms with E-state index in [1.54, 1.807) is 12.1 Å². The molecule has 1 saturated heterocycles. The Bertz CT molecular complexity index is 604. The number of hydrogen-bond donors (Lipinski definition) is 1. The summed E-state index contributed by atoms with van der Waals surface area (Å²) in [6, 6.07) is 11.7. The second-order valence-electron chi connectivity index (χ2n) is 5.37. The monoisotopic (exact) mass is 300 g/mol. The maximum atomic E-state index is 11.9. The zero-order chi connectivity index (χ0) is 15.2. The van der Waals surface area contributed by atoms with E-state index in [2.05, 4.69) is 22.3 Å². The van der Waals surface area contributed by atoms with Crippen LogP contribution in [0.4, 0.5) is 0 Å². The normalized spacial score (nSPS) is 15.6. The van der Waals surface area contributed by atoms with Crippen molar-refractivity contribution in [3.05, 3.63) is 59.5 Å². The van der Waals surface area contributed by atoms with Crippen molar-refractivity contribution in [3.63, 3.8) is 0 Å². The molecule has 1 aromatic carbocycles. The second-order valence-corrected chi connectivity index (χ2v) is 5.37. The summed E-state index contributed by atoms with van der Waals surface area (Å²) in [4.78, 5) is 14.2. The van der Waals surface area contributed by atoms with Crippen molar-refractivity contribution in [1.29, 1.82) is 0 Å². The number of morpholine rings is 1. The molecule has 0 saturated carbocycles. The van der Waals surface area contributed by atoms with Crippen molar-refractivity contribution in [2.45, 2.75) is 13.1 Å². The quantitative estimate of drug-likeness (QED) is 0.918. The highest BCUT2D eigenvalue weighted by Gasteiger charge is 2.11. The predicted molar refractivity (Wildman–Crippen MR) is 82.4 cm³/mol. The van der Waals surface area contributed by atoms with Gasteiger partial charge in [0.1, 0.15) is 0 Å². The third-order valence-electron chi connectivity index (χ3n) is 3.70. The van der Waals surface area contributed by atoms with Gasteiger partial charge in [-0.15, -0.1) is 0 Å². The van der Waals surface area contributed by atoms with Crippen molar-refractivity contribution < 1.29 is 13.9 Å². The number of benzene rings is 1. The number of carbonyl (C=O) groups excluding carboxylic acids is 1. The van der Waals surface area contributed by atoms with Crippen LogP contribution in [0.15, 0.2) is 47.1 Å². The van der Waals surface area contributed by atoms with E-state index < -0.39 is 0 Å². The zero-order valence-electron chi connectivity index (χ0n) is 12.5. The largest absolute Gasteiger partial charge is 0.459 e. The van der Waals surface area contributed by atoms with Crippen molar-refractivity contribution in [2.24, 2.45) is 0 Å². The van der Waals surface area contributed by atoms with E-state index in [0.29, 0.717) is 12.3 Å². The molecule has 0 bridgehead atoms. The number of nitrogens with zero attached hydrogens (tertiary/aromatic N) is 1. The molecule has 0 spiro atoms. The lowest BCUT2D eigenvalue weighted by Gasteiger charge is -2.26. The Kier molecular flexibility index (Phi) is 4.88. The van der Waals surface area contributed by atoms with Crippen LogP contribution in [0, 0.1) is 0 Å². The summed E-state index contributed by atoms with van der Waals surface area (Å²) in [5.41, 5.74) is 2.34. The molecule has 1 N–H and O–H groups in total. The first-order valence-corrected chi connectivity index (χ1v) is 7.51. The number of ether oxygens (including phenoxy) is 1. The van der Waals surface area contributed by atoms with Gasteiger partial charge in [0.2, 0.25) is 0 Å². The Morgan fingerprint density at radius 2 is 1.95 bits per heavy atom. The standard InChI is InChI=1S/C17H20N2O3/c20-17(16-5-2-8-22-16)18-12-14-3-1-4-15(11-14)13-19-6-9-21-10-7-19/h1-5,8,11H,6-7,9-10,12-13H2,(H,18,20). The number of rotatable bonds is 5. The summed E-state index contributed by atoms with van der Waals surface area (Å²) in [5.74, 6) is 0.146. The fourth-order valence-corrected chi connectivity index (χ4v) is 2.53. The minimum atomic E-state index is -0.191. The summed E-state index contributed by atoms with van der Waals surface area (Å²) < 4.78 is 10.4. The summed E-state index contributed by atoms with van der Waals surface area (Å²) in [6.07, 6.45) is 1.50. The molecule has 5 nitrogen and oxygen atoms in total. The highest BCUT2D eigenvalue weighted by atomic mass is 16.5. The number of furan rings is 1. The molecule has 2 aromatic rings. The average molecular weight is 300 g/mol. The van der Waals surface area contributed by atoms with Gasteiger partial charge >= 0.3 is 0 Å². The maximum absolute atomic E-state index is 11.9. The first-order chi connectivity index (χ1) is 10.8. The van der Waals surface area contributed by atoms with Crippen LogP contribution >= 0.6 is 0 Å². The van der Waals surface area contributed by atoms with Gasteiger partial charge in [-0.2, -0.15) is 0 Å². The van der Waals surface area contributed by atoms with E-state index >= 15 is 0 Å². The molecule has 116 valence electrons. The molecule has 0 atom stereocenters. The van der Waals surface area contributed by atoms with Crippen molar-refractivity contribution >= 4 is 5.91 Å². The lowest BCUT2D eigenvalue weighted by molar-refractivity contribution is 0.0342. The van der Waals surface area contributed by atoms with Gasteiger partial charge in [-0.1, -0.05) is 24.3 Å². The molecule has 0 unspecified atom stereocenters. The molecule has 1 fully saturated rings. The molecule has 3 rings (SSSR count). The van der Waals surface area contributed by atoms with Gasteiger partial charge in [0.15, 0.2) is 5.76 Å². The second kappa shape index (κ2) is 7.24. The average Bonchev–Trinajstić information content (AvgIpc) is 3.08. The Hall–Kier alpha value is -2.11. The molecule has 22 heavy (non-hydrogen) atoms. The SMILES string of the molecule is O=C(NCc1cccc(CN2CCOCC2)c1)c1ccco1. The van der Waals surface area contributed by atoms with E-state index in [-0.39, 0.29) is 5.91 Å². The zero-order valence-corrected chi connectivity index (χ0v) is 12.5. The predicted octanol–water partition coefficient (Wildman–Crippen LogP) is 2.04. The molecular weight excluding hydrogens is 280 g/mol. The molecule has 0 radical (unpaired) electrons. The Balaban J connectivity index is 1.55. The molecular formula is C17H20N2O3. The first-order valence-electron chi connectivity index (χ1n) is 7.51. The fraction of sp³-hybridized carbons (Fsp3) is 0.353. The van der Waals surface area contributed by atoms with E-state index in [1.165, 1.54) is 11.8 Å². The molecule has 1 aliphatic heterocycles. The number of carbonyl (C=O) groups is 1. The molecule has 1 aliphatic rings. The third-order valence-corrected chi connectivity index (χ3v) is 3.70. The van der Waals surface area contributed by atoms with E-state index in [0.717, 1.165) is 38.4 Å². The van der Waals surface area contributed by atoms with Crippen LogP contribution in [-0.2, 0) is 17.8 Å². The van der Waals surface area contributed by atoms with Crippen molar-refractivity contribution in [3.8, 4) is 0 Å². The van der Waals surface area contributed by atoms with Gasteiger partial charge in [0, 0.05) is 26.2 Å². The minimum Gasteiger partial charge on any atom is -0.459 e. The molecule has 0 aliphatic carbocycles. The van der Waals surface area contributed by atoms with Gasteiger partial charge in [0.25, 0.3) is 5.91 Å². The maximum Gasteiger partial charge on any atom is 0.287 e. The van der Waals surface area contributed by atoms with Crippen molar-refractivity contribution in [2.75, 3.05) is 26.3 Å². The smallest absolute Gasteiger partial charge is 0.287 e. The third kappa shape index (κ3) is 3.96. The minimum absolute atomic E-state index is 0.191. The molecule has 1 amide bonds. The van der Waals surface area contributed by atoms with E-state index in [4.69, 9.17) is 9.15 Å². The Labute approximate surface area is 129 Å². The van der Waals surface area contributed by atoms with Gasteiger partial charge in [-0.25, -0.2) is 0 Å². The van der Waals surface area contributed by atoms with Gasteiger partial charge < -0.3 is 14.5 Å². The van der Waals surface area contributed by atoms with Crippen LogP contribution in [0.1, 0.15) is 21.7 Å². The summed E-state index contributed by atoms with van der Waals surface area (Å²) in [5, 5.41) is 2.87. The number of nitrogens with one attached hydrogen (secondary N) is 1. The summed E-state index contributed by atoms with van der Waals surface area (Å²) in [7, 11) is 0.